The number of rotatable bonds is 4. The molecule has 0 radical (unpaired) electrons. The van der Waals surface area contributed by atoms with Gasteiger partial charge in [0.1, 0.15) is 0 Å². The minimum atomic E-state index is 0.130. The summed E-state index contributed by atoms with van der Waals surface area (Å²) in [4.78, 5) is 15.6. The van der Waals surface area contributed by atoms with E-state index in [2.05, 4.69) is 61.0 Å². The second kappa shape index (κ2) is 9.69. The van der Waals surface area contributed by atoms with E-state index in [4.69, 9.17) is 0 Å². The first-order chi connectivity index (χ1) is 14.6. The molecule has 4 heteroatoms. The lowest BCUT2D eigenvalue weighted by molar-refractivity contribution is -0.113. The van der Waals surface area contributed by atoms with Gasteiger partial charge in [-0.15, -0.1) is 0 Å². The van der Waals surface area contributed by atoms with Gasteiger partial charge in [0.25, 0.3) is 0 Å². The summed E-state index contributed by atoms with van der Waals surface area (Å²) in [7, 11) is 0. The van der Waals surface area contributed by atoms with E-state index in [1.807, 2.05) is 66.7 Å². The first-order valence-electron chi connectivity index (χ1n) is 9.80. The normalized spacial score (nSPS) is 17.6. The van der Waals surface area contributed by atoms with E-state index in [0.717, 1.165) is 37.8 Å². The molecule has 0 aromatic heterocycles. The van der Waals surface area contributed by atoms with E-state index in [9.17, 15) is 4.79 Å². The molecule has 0 bridgehead atoms. The molecule has 30 heavy (non-hydrogen) atoms. The van der Waals surface area contributed by atoms with E-state index in [-0.39, 0.29) is 5.78 Å². The molecule has 0 amide bonds. The zero-order chi connectivity index (χ0) is 20.9. The van der Waals surface area contributed by atoms with Crippen molar-refractivity contribution < 1.29 is 4.79 Å². The quantitative estimate of drug-likeness (QED) is 0.352. The summed E-state index contributed by atoms with van der Waals surface area (Å²) in [5.41, 5.74) is 4.96. The number of hydrogen-bond acceptors (Lipinski definition) is 2. The second-order valence-corrected chi connectivity index (χ2v) is 9.23. The monoisotopic (exact) mass is 521 g/mol. The van der Waals surface area contributed by atoms with Crippen LogP contribution in [0.1, 0.15) is 16.7 Å². The second-order valence-electron chi connectivity index (χ2n) is 7.40. The molecule has 0 aliphatic carbocycles. The van der Waals surface area contributed by atoms with E-state index >= 15 is 0 Å². The standard InChI is InChI=1S/C26H21Br2NO/c27-24-10-6-19(7-11-24)14-22-17-29(16-21-4-2-1-3-5-21)18-23(26(22)30)15-20-8-12-25(28)13-9-20/h1-15H,16-18H2/b22-14-,23-15-. The summed E-state index contributed by atoms with van der Waals surface area (Å²) in [5, 5.41) is 0. The highest BCUT2D eigenvalue weighted by molar-refractivity contribution is 9.10. The van der Waals surface area contributed by atoms with Gasteiger partial charge in [-0.2, -0.15) is 0 Å². The maximum absolute atomic E-state index is 13.3. The van der Waals surface area contributed by atoms with Crippen LogP contribution in [0.4, 0.5) is 0 Å². The van der Waals surface area contributed by atoms with Crippen molar-refractivity contribution in [2.24, 2.45) is 0 Å². The molecule has 3 aromatic carbocycles. The molecule has 0 N–H and O–H groups in total. The lowest BCUT2D eigenvalue weighted by Crippen LogP contribution is -2.37. The molecular formula is C26H21Br2NO. The molecule has 1 aliphatic heterocycles. The molecule has 1 saturated heterocycles. The molecule has 1 aliphatic rings. The van der Waals surface area contributed by atoms with Crippen LogP contribution in [0.5, 0.6) is 0 Å². The Balaban J connectivity index is 1.67. The molecule has 0 saturated carbocycles. The largest absolute Gasteiger partial charge is 0.290 e. The maximum atomic E-state index is 13.3. The van der Waals surface area contributed by atoms with Crippen molar-refractivity contribution in [3.8, 4) is 0 Å². The number of nitrogens with zero attached hydrogens (tertiary/aromatic N) is 1. The Morgan fingerprint density at radius 3 is 1.63 bits per heavy atom. The van der Waals surface area contributed by atoms with Gasteiger partial charge in [-0.1, -0.05) is 86.5 Å². The number of Topliss-reactive ketones (excluding diaryl/α,β-unsaturated/α-hetero) is 1. The van der Waals surface area contributed by atoms with Crippen LogP contribution < -0.4 is 0 Å². The lowest BCUT2D eigenvalue weighted by Gasteiger charge is -2.30. The number of carbonyl (C=O) groups is 1. The van der Waals surface area contributed by atoms with Crippen molar-refractivity contribution in [3.63, 3.8) is 0 Å². The van der Waals surface area contributed by atoms with Crippen LogP contribution in [-0.2, 0) is 11.3 Å². The molecule has 150 valence electrons. The molecule has 0 unspecified atom stereocenters. The fraction of sp³-hybridized carbons (Fsp3) is 0.115. The van der Waals surface area contributed by atoms with Gasteiger partial charge in [0.2, 0.25) is 0 Å². The molecule has 4 rings (SSSR count). The predicted molar refractivity (Wildman–Crippen MR) is 131 cm³/mol. The smallest absolute Gasteiger partial charge is 0.187 e. The number of hydrogen-bond donors (Lipinski definition) is 0. The Labute approximate surface area is 194 Å². The number of carbonyl (C=O) groups excluding carboxylic acids is 1. The van der Waals surface area contributed by atoms with Crippen LogP contribution in [0.25, 0.3) is 12.2 Å². The van der Waals surface area contributed by atoms with E-state index in [1.54, 1.807) is 0 Å². The van der Waals surface area contributed by atoms with Crippen molar-refractivity contribution >= 4 is 49.8 Å². The van der Waals surface area contributed by atoms with Crippen LogP contribution in [0.2, 0.25) is 0 Å². The van der Waals surface area contributed by atoms with E-state index in [1.165, 1.54) is 5.56 Å². The fourth-order valence-electron chi connectivity index (χ4n) is 3.58. The Hall–Kier alpha value is -2.27. The zero-order valence-corrected chi connectivity index (χ0v) is 19.6. The van der Waals surface area contributed by atoms with E-state index < -0.39 is 0 Å². The first-order valence-corrected chi connectivity index (χ1v) is 11.4. The molecular weight excluding hydrogens is 502 g/mol. The highest BCUT2D eigenvalue weighted by Gasteiger charge is 2.26. The topological polar surface area (TPSA) is 20.3 Å². The van der Waals surface area contributed by atoms with Gasteiger partial charge < -0.3 is 0 Å². The van der Waals surface area contributed by atoms with Gasteiger partial charge in [0.05, 0.1) is 0 Å². The summed E-state index contributed by atoms with van der Waals surface area (Å²) >= 11 is 6.94. The van der Waals surface area contributed by atoms with Crippen molar-refractivity contribution in [3.05, 3.63) is 116 Å². The van der Waals surface area contributed by atoms with Gasteiger partial charge in [-0.25, -0.2) is 0 Å². The Morgan fingerprint density at radius 1 is 0.700 bits per heavy atom. The average Bonchev–Trinajstić information content (AvgIpc) is 2.75. The Bertz CT molecular complexity index is 1020. The van der Waals surface area contributed by atoms with Gasteiger partial charge in [0, 0.05) is 39.7 Å². The minimum absolute atomic E-state index is 0.130. The van der Waals surface area contributed by atoms with Crippen LogP contribution in [0, 0.1) is 0 Å². The van der Waals surface area contributed by atoms with Gasteiger partial charge in [0.15, 0.2) is 5.78 Å². The Kier molecular flexibility index (Phi) is 6.78. The molecule has 2 nitrogen and oxygen atoms in total. The number of likely N-dealkylation sites (tertiary alicyclic amines) is 1. The maximum Gasteiger partial charge on any atom is 0.187 e. The third-order valence-corrected chi connectivity index (χ3v) is 6.10. The van der Waals surface area contributed by atoms with Gasteiger partial charge in [-0.05, 0) is 53.1 Å². The number of ketones is 1. The van der Waals surface area contributed by atoms with Crippen molar-refractivity contribution in [1.29, 1.82) is 0 Å². The third kappa shape index (κ3) is 5.45. The lowest BCUT2D eigenvalue weighted by atomic mass is 9.94. The fourth-order valence-corrected chi connectivity index (χ4v) is 4.11. The number of halogens is 2. The predicted octanol–water partition coefficient (Wildman–Crippen LogP) is 6.76. The summed E-state index contributed by atoms with van der Waals surface area (Å²) < 4.78 is 2.06. The van der Waals surface area contributed by atoms with Crippen LogP contribution in [0.15, 0.2) is 99.0 Å². The summed E-state index contributed by atoms with van der Waals surface area (Å²) in [6.45, 7) is 2.09. The summed E-state index contributed by atoms with van der Waals surface area (Å²) in [5.74, 6) is 0.130. The average molecular weight is 523 g/mol. The van der Waals surface area contributed by atoms with Crippen molar-refractivity contribution in [1.82, 2.24) is 4.90 Å². The third-order valence-electron chi connectivity index (χ3n) is 5.04. The summed E-state index contributed by atoms with van der Waals surface area (Å²) in [6, 6.07) is 26.5. The molecule has 0 spiro atoms. The highest BCUT2D eigenvalue weighted by Crippen LogP contribution is 2.24. The van der Waals surface area contributed by atoms with Gasteiger partial charge in [-0.3, -0.25) is 9.69 Å². The SMILES string of the molecule is O=C1/C(=C\c2ccc(Br)cc2)CN(Cc2ccccc2)C/C1=C/c1ccc(Br)cc1. The molecule has 0 atom stereocenters. The number of piperidine rings is 1. The zero-order valence-electron chi connectivity index (χ0n) is 16.4. The van der Waals surface area contributed by atoms with Gasteiger partial charge >= 0.3 is 0 Å². The van der Waals surface area contributed by atoms with Crippen LogP contribution in [-0.4, -0.2) is 23.8 Å². The van der Waals surface area contributed by atoms with Crippen molar-refractivity contribution in [2.45, 2.75) is 6.54 Å². The van der Waals surface area contributed by atoms with Crippen molar-refractivity contribution in [2.75, 3.05) is 13.1 Å². The Morgan fingerprint density at radius 2 is 1.17 bits per heavy atom. The first kappa shape index (κ1) is 21.0. The van der Waals surface area contributed by atoms with E-state index in [0.29, 0.717) is 13.1 Å². The highest BCUT2D eigenvalue weighted by atomic mass is 79.9. The number of benzene rings is 3. The van der Waals surface area contributed by atoms with Crippen LogP contribution in [0.3, 0.4) is 0 Å². The minimum Gasteiger partial charge on any atom is -0.290 e. The molecule has 3 aromatic rings. The molecule has 1 fully saturated rings. The summed E-state index contributed by atoms with van der Waals surface area (Å²) in [6.07, 6.45) is 4.03. The molecule has 1 heterocycles. The van der Waals surface area contributed by atoms with Crippen LogP contribution >= 0.6 is 31.9 Å².